The van der Waals surface area contributed by atoms with Gasteiger partial charge in [-0.15, -0.1) is 0 Å². The van der Waals surface area contributed by atoms with Crippen molar-refractivity contribution < 1.29 is 27.1 Å². The predicted octanol–water partition coefficient (Wildman–Crippen LogP) is 6.74. The van der Waals surface area contributed by atoms with Gasteiger partial charge in [0.15, 0.2) is 14.6 Å². The number of benzene rings is 2. The molecule has 1 aliphatic rings. The van der Waals surface area contributed by atoms with E-state index in [4.69, 9.17) is 18.6 Å². The van der Waals surface area contributed by atoms with Crippen molar-refractivity contribution in [3.63, 3.8) is 0 Å². The molecule has 41 heavy (non-hydrogen) atoms. The van der Waals surface area contributed by atoms with E-state index in [2.05, 4.69) is 45.5 Å². The zero-order valence-electron chi connectivity index (χ0n) is 25.8. The van der Waals surface area contributed by atoms with E-state index in [1.807, 2.05) is 43.3 Å². The Morgan fingerprint density at radius 3 is 2.34 bits per heavy atom. The summed E-state index contributed by atoms with van der Waals surface area (Å²) in [6.45, 7) is 16.5. The lowest BCUT2D eigenvalue weighted by Gasteiger charge is -2.38. The molecule has 0 spiro atoms. The van der Waals surface area contributed by atoms with Crippen LogP contribution in [0.15, 0.2) is 71.1 Å². The Bertz CT molecular complexity index is 1210. The summed E-state index contributed by atoms with van der Waals surface area (Å²) in [4.78, 5) is 0.230. The third-order valence-electron chi connectivity index (χ3n) is 7.89. The molecule has 0 unspecified atom stereocenters. The molecular formula is C32H49NO6SSi. The summed E-state index contributed by atoms with van der Waals surface area (Å²) < 4.78 is 55.0. The maximum Gasteiger partial charge on any atom is 0.240 e. The molecule has 0 amide bonds. The van der Waals surface area contributed by atoms with E-state index in [1.54, 1.807) is 24.3 Å². The minimum absolute atomic E-state index is 0.0253. The molecule has 0 radical (unpaired) electrons. The van der Waals surface area contributed by atoms with Crippen LogP contribution in [0.3, 0.4) is 0 Å². The summed E-state index contributed by atoms with van der Waals surface area (Å²) in [5.41, 5.74) is 2.83. The van der Waals surface area contributed by atoms with E-state index in [9.17, 15) is 8.42 Å². The average molecular weight is 604 g/mol. The van der Waals surface area contributed by atoms with E-state index in [0.29, 0.717) is 26.2 Å². The molecule has 1 heterocycles. The fourth-order valence-electron chi connectivity index (χ4n) is 4.15. The Hall–Kier alpha value is -1.85. The van der Waals surface area contributed by atoms with Gasteiger partial charge in [0, 0.05) is 19.6 Å². The van der Waals surface area contributed by atoms with E-state index < -0.39 is 36.8 Å². The number of nitrogens with one attached hydrogen (secondary N) is 1. The van der Waals surface area contributed by atoms with Crippen molar-refractivity contribution in [2.75, 3.05) is 19.8 Å². The minimum atomic E-state index is -3.73. The highest BCUT2D eigenvalue weighted by molar-refractivity contribution is 7.89. The van der Waals surface area contributed by atoms with Crippen LogP contribution in [0.4, 0.5) is 0 Å². The molecule has 1 aliphatic heterocycles. The molecule has 228 valence electrons. The zero-order valence-corrected chi connectivity index (χ0v) is 27.6. The maximum absolute atomic E-state index is 13.2. The molecule has 7 nitrogen and oxygen atoms in total. The monoisotopic (exact) mass is 603 g/mol. The average Bonchev–Trinajstić information content (AvgIpc) is 3.09. The molecule has 0 bridgehead atoms. The summed E-state index contributed by atoms with van der Waals surface area (Å²) >= 11 is 0. The van der Waals surface area contributed by atoms with Gasteiger partial charge in [-0.05, 0) is 54.7 Å². The zero-order chi connectivity index (χ0) is 30.1. The van der Waals surface area contributed by atoms with Crippen molar-refractivity contribution in [2.24, 2.45) is 0 Å². The minimum Gasteiger partial charge on any atom is -0.414 e. The molecule has 1 N–H and O–H groups in total. The van der Waals surface area contributed by atoms with Gasteiger partial charge < -0.3 is 18.6 Å². The normalized spacial score (nSPS) is 20.5. The molecular weight excluding hydrogens is 555 g/mol. The van der Waals surface area contributed by atoms with Crippen molar-refractivity contribution in [2.45, 2.75) is 102 Å². The van der Waals surface area contributed by atoms with Gasteiger partial charge in [0.25, 0.3) is 0 Å². The highest BCUT2D eigenvalue weighted by atomic mass is 32.2. The number of rotatable bonds is 14. The first-order valence-electron chi connectivity index (χ1n) is 14.6. The second kappa shape index (κ2) is 15.0. The standard InChI is InChI=1S/C32H49NO6SSi/c1-8-9-21-36-30-20-17-27(22-33-40(34,35)28-18-15-25(2)16-19-28)31(37-23-26-13-11-10-12-14-26)29(39-30)24-38-41(6,7)32(3,4)5/h10-19,29-31,33H,8-9,20-24H2,1-7H3/t29-,30+,31+/m1/s1. The van der Waals surface area contributed by atoms with E-state index in [0.717, 1.165) is 29.5 Å². The number of ether oxygens (including phenoxy) is 3. The van der Waals surface area contributed by atoms with Crippen LogP contribution in [0.25, 0.3) is 0 Å². The Morgan fingerprint density at radius 1 is 1.02 bits per heavy atom. The van der Waals surface area contributed by atoms with Gasteiger partial charge >= 0.3 is 0 Å². The smallest absolute Gasteiger partial charge is 0.240 e. The number of hydrogen-bond acceptors (Lipinski definition) is 6. The lowest BCUT2D eigenvalue weighted by molar-refractivity contribution is -0.196. The summed E-state index contributed by atoms with van der Waals surface area (Å²) in [6.07, 6.45) is 2.99. The Morgan fingerprint density at radius 2 is 1.71 bits per heavy atom. The fourth-order valence-corrected chi connectivity index (χ4v) is 6.18. The van der Waals surface area contributed by atoms with Gasteiger partial charge in [0.2, 0.25) is 10.0 Å². The quantitative estimate of drug-likeness (QED) is 0.146. The van der Waals surface area contributed by atoms with Gasteiger partial charge in [-0.25, -0.2) is 13.1 Å². The van der Waals surface area contributed by atoms with Gasteiger partial charge in [-0.2, -0.15) is 0 Å². The van der Waals surface area contributed by atoms with E-state index in [-0.39, 0.29) is 16.5 Å². The second-order valence-electron chi connectivity index (χ2n) is 12.3. The summed E-state index contributed by atoms with van der Waals surface area (Å²) in [5.74, 6) is 0. The molecule has 3 rings (SSSR count). The van der Waals surface area contributed by atoms with Crippen LogP contribution in [-0.4, -0.2) is 55.0 Å². The van der Waals surface area contributed by atoms with E-state index >= 15 is 0 Å². The summed E-state index contributed by atoms with van der Waals surface area (Å²) in [5, 5.41) is 0.0253. The molecule has 9 heteroatoms. The second-order valence-corrected chi connectivity index (χ2v) is 18.8. The molecule has 0 saturated heterocycles. The summed E-state index contributed by atoms with van der Waals surface area (Å²) in [6, 6.07) is 16.8. The number of hydrogen-bond donors (Lipinski definition) is 1. The largest absolute Gasteiger partial charge is 0.414 e. The lowest BCUT2D eigenvalue weighted by atomic mass is 10.0. The van der Waals surface area contributed by atoms with Crippen LogP contribution >= 0.6 is 0 Å². The highest BCUT2D eigenvalue weighted by Gasteiger charge is 2.40. The Labute approximate surface area is 248 Å². The first-order valence-corrected chi connectivity index (χ1v) is 19.0. The van der Waals surface area contributed by atoms with Crippen molar-refractivity contribution in [3.8, 4) is 0 Å². The third-order valence-corrected chi connectivity index (χ3v) is 13.8. The predicted molar refractivity (Wildman–Crippen MR) is 167 cm³/mol. The first kappa shape index (κ1) is 33.6. The molecule has 3 atom stereocenters. The van der Waals surface area contributed by atoms with Crippen LogP contribution in [0.1, 0.15) is 58.1 Å². The SMILES string of the molecule is CCCCO[C@@H]1CC=C(CNS(=O)(=O)c2ccc(C)cc2)[C@H](OCc2ccccc2)[C@@H](CO[Si](C)(C)C(C)(C)C)O1. The molecule has 0 saturated carbocycles. The van der Waals surface area contributed by atoms with Crippen molar-refractivity contribution in [3.05, 3.63) is 77.4 Å². The van der Waals surface area contributed by atoms with Gasteiger partial charge in [0.05, 0.1) is 18.1 Å². The lowest BCUT2D eigenvalue weighted by Crippen LogP contribution is -2.47. The number of aryl methyl sites for hydroxylation is 1. The molecule has 0 fully saturated rings. The first-order chi connectivity index (χ1) is 19.3. The van der Waals surface area contributed by atoms with Gasteiger partial charge in [-0.3, -0.25) is 0 Å². The van der Waals surface area contributed by atoms with Crippen LogP contribution in [0.2, 0.25) is 18.1 Å². The van der Waals surface area contributed by atoms with Crippen LogP contribution in [0, 0.1) is 6.92 Å². The number of sulfonamides is 1. The molecule has 2 aromatic carbocycles. The van der Waals surface area contributed by atoms with Crippen molar-refractivity contribution in [1.29, 1.82) is 0 Å². The van der Waals surface area contributed by atoms with E-state index in [1.165, 1.54) is 0 Å². The summed E-state index contributed by atoms with van der Waals surface area (Å²) in [7, 11) is -5.83. The van der Waals surface area contributed by atoms with Crippen LogP contribution in [-0.2, 0) is 35.3 Å². The van der Waals surface area contributed by atoms with Crippen molar-refractivity contribution in [1.82, 2.24) is 4.72 Å². The van der Waals surface area contributed by atoms with Crippen LogP contribution in [0.5, 0.6) is 0 Å². The van der Waals surface area contributed by atoms with Gasteiger partial charge in [0.1, 0.15) is 12.2 Å². The molecule has 0 aromatic heterocycles. The van der Waals surface area contributed by atoms with Gasteiger partial charge in [-0.1, -0.05) is 88.2 Å². The molecule has 2 aromatic rings. The third kappa shape index (κ3) is 10.1. The number of unbranched alkanes of at least 4 members (excludes halogenated alkanes) is 1. The Kier molecular flexibility index (Phi) is 12.3. The van der Waals surface area contributed by atoms with Crippen molar-refractivity contribution >= 4 is 18.3 Å². The fraction of sp³-hybridized carbons (Fsp3) is 0.562. The topological polar surface area (TPSA) is 83.1 Å². The highest BCUT2D eigenvalue weighted by Crippen LogP contribution is 2.37. The Balaban J connectivity index is 1.89. The van der Waals surface area contributed by atoms with Crippen LogP contribution < -0.4 is 4.72 Å². The molecule has 0 aliphatic carbocycles. The maximum atomic E-state index is 13.2.